The van der Waals surface area contributed by atoms with Crippen molar-refractivity contribution in [2.45, 2.75) is 11.8 Å². The Hall–Kier alpha value is -0.0200. The van der Waals surface area contributed by atoms with Crippen molar-refractivity contribution in [2.75, 3.05) is 0 Å². The molecule has 0 N–H and O–H groups in total. The molecule has 0 radical (unpaired) electrons. The lowest BCUT2D eigenvalue weighted by Gasteiger charge is -2.07. The Kier molecular flexibility index (Phi) is 4.31. The van der Waals surface area contributed by atoms with Gasteiger partial charge in [-0.05, 0) is 52.2 Å². The van der Waals surface area contributed by atoms with Crippen molar-refractivity contribution in [2.24, 2.45) is 0 Å². The number of benzene rings is 1. The van der Waals surface area contributed by atoms with Crippen LogP contribution in [-0.2, 0) is 6.42 Å². The topological polar surface area (TPSA) is 0 Å². The van der Waals surface area contributed by atoms with E-state index in [1.54, 1.807) is 11.3 Å². The first kappa shape index (κ1) is 12.4. The summed E-state index contributed by atoms with van der Waals surface area (Å²) in [4.78, 5) is 1.18. The van der Waals surface area contributed by atoms with Crippen LogP contribution in [0.25, 0.3) is 0 Å². The summed E-state index contributed by atoms with van der Waals surface area (Å²) >= 11 is 17.3. The van der Waals surface area contributed by atoms with Crippen molar-refractivity contribution < 1.29 is 0 Å². The molecule has 0 aliphatic carbocycles. The fourth-order valence-electron chi connectivity index (χ4n) is 1.42. The smallest absolute Gasteiger partial charge is 0.0719 e. The molecule has 0 aliphatic rings. The molecular weight excluding hydrogens is 327 g/mol. The lowest BCUT2D eigenvalue weighted by Crippen LogP contribution is -1.92. The standard InChI is InChI=1S/C12H9BrCl2S/c13-12-6-5-11(16-12)10(15)7-8-1-3-9(14)4-2-8/h1-6,10H,7H2. The summed E-state index contributed by atoms with van der Waals surface area (Å²) in [6.07, 6.45) is 0.825. The molecule has 4 heteroatoms. The molecule has 0 spiro atoms. The number of hydrogen-bond acceptors (Lipinski definition) is 1. The number of thiophene rings is 1. The summed E-state index contributed by atoms with van der Waals surface area (Å²) in [6.45, 7) is 0. The molecule has 1 heterocycles. The van der Waals surface area contributed by atoms with Gasteiger partial charge in [0.2, 0.25) is 0 Å². The largest absolute Gasteiger partial charge is 0.132 e. The summed E-state index contributed by atoms with van der Waals surface area (Å²) in [5, 5.41) is 0.784. The van der Waals surface area contributed by atoms with E-state index < -0.39 is 0 Å². The maximum atomic E-state index is 6.35. The zero-order valence-electron chi connectivity index (χ0n) is 8.29. The van der Waals surface area contributed by atoms with E-state index in [1.165, 1.54) is 10.4 Å². The van der Waals surface area contributed by atoms with E-state index in [4.69, 9.17) is 23.2 Å². The van der Waals surface area contributed by atoms with E-state index in [-0.39, 0.29) is 5.38 Å². The van der Waals surface area contributed by atoms with E-state index in [2.05, 4.69) is 22.0 Å². The van der Waals surface area contributed by atoms with E-state index in [1.807, 2.05) is 30.3 Å². The van der Waals surface area contributed by atoms with Gasteiger partial charge in [0, 0.05) is 9.90 Å². The average molecular weight is 336 g/mol. The molecular formula is C12H9BrCl2S. The van der Waals surface area contributed by atoms with Gasteiger partial charge >= 0.3 is 0 Å². The SMILES string of the molecule is Clc1ccc(CC(Cl)c2ccc(Br)s2)cc1. The molecule has 2 aromatic rings. The first-order valence-electron chi connectivity index (χ1n) is 4.79. The Morgan fingerprint density at radius 2 is 1.81 bits per heavy atom. The van der Waals surface area contributed by atoms with Crippen molar-refractivity contribution >= 4 is 50.5 Å². The summed E-state index contributed by atoms with van der Waals surface area (Å²) < 4.78 is 1.12. The quantitative estimate of drug-likeness (QED) is 0.632. The normalized spacial score (nSPS) is 12.7. The van der Waals surface area contributed by atoms with E-state index in [0.717, 1.165) is 15.2 Å². The van der Waals surface area contributed by atoms with Crippen LogP contribution in [-0.4, -0.2) is 0 Å². The number of hydrogen-bond donors (Lipinski definition) is 0. The van der Waals surface area contributed by atoms with Gasteiger partial charge in [-0.2, -0.15) is 0 Å². The highest BCUT2D eigenvalue weighted by molar-refractivity contribution is 9.11. The van der Waals surface area contributed by atoms with Gasteiger partial charge in [-0.15, -0.1) is 22.9 Å². The number of rotatable bonds is 3. The molecule has 0 saturated carbocycles. The van der Waals surface area contributed by atoms with Gasteiger partial charge in [0.25, 0.3) is 0 Å². The van der Waals surface area contributed by atoms with Crippen LogP contribution in [0.15, 0.2) is 40.2 Å². The minimum Gasteiger partial charge on any atom is -0.132 e. The summed E-state index contributed by atoms with van der Waals surface area (Å²) in [7, 11) is 0. The molecule has 2 rings (SSSR count). The number of alkyl halides is 1. The molecule has 0 bridgehead atoms. The third-order valence-electron chi connectivity index (χ3n) is 2.23. The maximum Gasteiger partial charge on any atom is 0.0719 e. The maximum absolute atomic E-state index is 6.35. The first-order chi connectivity index (χ1) is 7.65. The van der Waals surface area contributed by atoms with Crippen molar-refractivity contribution in [1.82, 2.24) is 0 Å². The predicted octanol–water partition coefficient (Wildman–Crippen LogP) is 5.69. The monoisotopic (exact) mass is 334 g/mol. The molecule has 1 unspecified atom stereocenters. The average Bonchev–Trinajstić information content (AvgIpc) is 2.68. The Morgan fingerprint density at radius 3 is 2.38 bits per heavy atom. The molecule has 0 aliphatic heterocycles. The highest BCUT2D eigenvalue weighted by atomic mass is 79.9. The first-order valence-corrected chi connectivity index (χ1v) is 7.21. The van der Waals surface area contributed by atoms with Gasteiger partial charge in [0.15, 0.2) is 0 Å². The fourth-order valence-corrected chi connectivity index (χ4v) is 3.34. The number of halogens is 3. The van der Waals surface area contributed by atoms with Crippen LogP contribution in [0.2, 0.25) is 5.02 Å². The Morgan fingerprint density at radius 1 is 1.12 bits per heavy atom. The van der Waals surface area contributed by atoms with Crippen molar-refractivity contribution in [1.29, 1.82) is 0 Å². The molecule has 16 heavy (non-hydrogen) atoms. The van der Waals surface area contributed by atoms with Crippen LogP contribution >= 0.6 is 50.5 Å². The molecule has 0 amide bonds. The van der Waals surface area contributed by atoms with Gasteiger partial charge in [-0.1, -0.05) is 23.7 Å². The minimum absolute atomic E-state index is 0.0254. The van der Waals surface area contributed by atoms with Crippen molar-refractivity contribution in [3.63, 3.8) is 0 Å². The van der Waals surface area contributed by atoms with Gasteiger partial charge in [-0.25, -0.2) is 0 Å². The van der Waals surface area contributed by atoms with Gasteiger partial charge < -0.3 is 0 Å². The summed E-state index contributed by atoms with van der Waals surface area (Å²) in [6, 6.07) is 11.9. The fraction of sp³-hybridized carbons (Fsp3) is 0.167. The zero-order chi connectivity index (χ0) is 11.5. The van der Waals surface area contributed by atoms with Crippen LogP contribution in [0.1, 0.15) is 15.8 Å². The Bertz CT molecular complexity index is 464. The Balaban J connectivity index is 2.07. The van der Waals surface area contributed by atoms with Crippen LogP contribution in [0.5, 0.6) is 0 Å². The molecule has 0 fully saturated rings. The van der Waals surface area contributed by atoms with Gasteiger partial charge in [0.1, 0.15) is 0 Å². The molecule has 1 aromatic carbocycles. The van der Waals surface area contributed by atoms with Crippen LogP contribution in [0.3, 0.4) is 0 Å². The lowest BCUT2D eigenvalue weighted by molar-refractivity contribution is 0.940. The van der Waals surface area contributed by atoms with E-state index in [0.29, 0.717) is 0 Å². The second-order valence-electron chi connectivity index (χ2n) is 3.44. The zero-order valence-corrected chi connectivity index (χ0v) is 12.2. The molecule has 1 aromatic heterocycles. The van der Waals surface area contributed by atoms with Gasteiger partial charge in [-0.3, -0.25) is 0 Å². The summed E-state index contributed by atoms with van der Waals surface area (Å²) in [5.41, 5.74) is 1.20. The molecule has 0 nitrogen and oxygen atoms in total. The molecule has 0 saturated heterocycles. The second-order valence-corrected chi connectivity index (χ2v) is 6.90. The molecule has 84 valence electrons. The lowest BCUT2D eigenvalue weighted by atomic mass is 10.1. The third-order valence-corrected chi connectivity index (χ3v) is 4.74. The van der Waals surface area contributed by atoms with Gasteiger partial charge in [0.05, 0.1) is 9.16 Å². The Labute approximate surface area is 117 Å². The van der Waals surface area contributed by atoms with Crippen LogP contribution < -0.4 is 0 Å². The van der Waals surface area contributed by atoms with Crippen molar-refractivity contribution in [3.05, 3.63) is 55.6 Å². The summed E-state index contributed by atoms with van der Waals surface area (Å²) in [5.74, 6) is 0. The highest BCUT2D eigenvalue weighted by Crippen LogP contribution is 2.33. The highest BCUT2D eigenvalue weighted by Gasteiger charge is 2.11. The predicted molar refractivity (Wildman–Crippen MR) is 75.8 cm³/mol. The van der Waals surface area contributed by atoms with Crippen LogP contribution in [0, 0.1) is 0 Å². The minimum atomic E-state index is 0.0254. The third kappa shape index (κ3) is 3.24. The van der Waals surface area contributed by atoms with E-state index in [9.17, 15) is 0 Å². The molecule has 1 atom stereocenters. The van der Waals surface area contributed by atoms with Crippen LogP contribution in [0.4, 0.5) is 0 Å². The second kappa shape index (κ2) is 5.54. The van der Waals surface area contributed by atoms with Crippen molar-refractivity contribution in [3.8, 4) is 0 Å². The van der Waals surface area contributed by atoms with E-state index >= 15 is 0 Å².